The van der Waals surface area contributed by atoms with Crippen LogP contribution in [0.25, 0.3) is 0 Å². The van der Waals surface area contributed by atoms with E-state index in [-0.39, 0.29) is 0 Å². The molecule has 0 amide bonds. The van der Waals surface area contributed by atoms with Crippen molar-refractivity contribution in [3.63, 3.8) is 0 Å². The van der Waals surface area contributed by atoms with E-state index in [4.69, 9.17) is 9.73 Å². The molecule has 2 bridgehead atoms. The zero-order chi connectivity index (χ0) is 18.6. The minimum absolute atomic E-state index is 0.381. The maximum absolute atomic E-state index is 5.97. The number of aliphatic imine (C=N–C) groups is 1. The molecule has 2 N–H and O–H groups in total. The summed E-state index contributed by atoms with van der Waals surface area (Å²) in [5.41, 5.74) is 1.40. The Balaban J connectivity index is 1.30. The second-order valence-corrected chi connectivity index (χ2v) is 8.45. The molecule has 5 heteroatoms. The highest BCUT2D eigenvalue weighted by molar-refractivity contribution is 5.80. The molecule has 27 heavy (non-hydrogen) atoms. The summed E-state index contributed by atoms with van der Waals surface area (Å²) in [7, 11) is 0. The third kappa shape index (κ3) is 4.64. The first-order valence-electron chi connectivity index (χ1n) is 10.7. The first kappa shape index (κ1) is 18.8. The Morgan fingerprint density at radius 3 is 2.78 bits per heavy atom. The second-order valence-electron chi connectivity index (χ2n) is 8.45. The average molecular weight is 371 g/mol. The van der Waals surface area contributed by atoms with E-state index in [2.05, 4.69) is 59.7 Å². The van der Waals surface area contributed by atoms with Gasteiger partial charge in [0.25, 0.3) is 0 Å². The number of rotatable bonds is 6. The summed E-state index contributed by atoms with van der Waals surface area (Å²) in [6, 6.07) is 11.9. The van der Waals surface area contributed by atoms with Gasteiger partial charge in [0.1, 0.15) is 0 Å². The molecule has 0 aromatic heterocycles. The Kier molecular flexibility index (Phi) is 5.98. The van der Waals surface area contributed by atoms with Gasteiger partial charge in [-0.25, -0.2) is 0 Å². The quantitative estimate of drug-likeness (QED) is 0.597. The maximum atomic E-state index is 5.97. The highest BCUT2D eigenvalue weighted by atomic mass is 16.5. The molecule has 0 radical (unpaired) electrons. The van der Waals surface area contributed by atoms with Crippen molar-refractivity contribution in [1.29, 1.82) is 0 Å². The normalized spacial score (nSPS) is 33.6. The van der Waals surface area contributed by atoms with Crippen molar-refractivity contribution in [2.24, 2.45) is 10.9 Å². The van der Waals surface area contributed by atoms with Crippen LogP contribution in [0.15, 0.2) is 35.3 Å². The van der Waals surface area contributed by atoms with Crippen LogP contribution in [0, 0.1) is 5.92 Å². The lowest BCUT2D eigenvalue weighted by Gasteiger charge is -2.23. The number of nitrogens with one attached hydrogen (secondary N) is 2. The summed E-state index contributed by atoms with van der Waals surface area (Å²) in [6.07, 6.45) is 5.63. The fourth-order valence-electron chi connectivity index (χ4n) is 4.89. The van der Waals surface area contributed by atoms with E-state index in [0.717, 1.165) is 38.6 Å². The monoisotopic (exact) mass is 370 g/mol. The number of benzene rings is 1. The predicted molar refractivity (Wildman–Crippen MR) is 110 cm³/mol. The minimum atomic E-state index is 0.381. The number of ether oxygens (including phenoxy) is 1. The third-order valence-electron chi connectivity index (χ3n) is 6.30. The molecule has 3 aliphatic rings. The average Bonchev–Trinajstić information content (AvgIpc) is 3.37. The second kappa shape index (κ2) is 8.61. The van der Waals surface area contributed by atoms with E-state index in [0.29, 0.717) is 30.2 Å². The van der Waals surface area contributed by atoms with Crippen LogP contribution in [0.4, 0.5) is 0 Å². The summed E-state index contributed by atoms with van der Waals surface area (Å²) in [5.74, 6) is 1.60. The van der Waals surface area contributed by atoms with Gasteiger partial charge < -0.3 is 15.4 Å². The van der Waals surface area contributed by atoms with Crippen molar-refractivity contribution in [3.05, 3.63) is 35.9 Å². The zero-order valence-electron chi connectivity index (χ0n) is 16.7. The standard InChI is InChI=1S/C22H34N4O/c1-3-23-22(25-20-12-19-9-10-21(20)27-19)24-13-18-11-16(2)26(15-18)14-17-7-5-4-6-8-17/h4-8,16,18-21H,3,9-15H2,1-2H3,(H2,23,24,25). The molecule has 1 aromatic rings. The molecule has 5 nitrogen and oxygen atoms in total. The molecular formula is C22H34N4O. The van der Waals surface area contributed by atoms with Crippen LogP contribution in [0.5, 0.6) is 0 Å². The van der Waals surface area contributed by atoms with Crippen LogP contribution in [-0.2, 0) is 11.3 Å². The molecule has 3 heterocycles. The van der Waals surface area contributed by atoms with E-state index in [1.165, 1.54) is 24.8 Å². The molecule has 3 aliphatic heterocycles. The summed E-state index contributed by atoms with van der Waals surface area (Å²) in [4.78, 5) is 7.53. The van der Waals surface area contributed by atoms with Gasteiger partial charge in [0.15, 0.2) is 5.96 Å². The highest BCUT2D eigenvalue weighted by Crippen LogP contribution is 2.34. The molecule has 3 fully saturated rings. The van der Waals surface area contributed by atoms with E-state index in [9.17, 15) is 0 Å². The Bertz CT molecular complexity index is 634. The van der Waals surface area contributed by atoms with Gasteiger partial charge in [-0.05, 0) is 51.0 Å². The Hall–Kier alpha value is -1.59. The molecule has 1 aromatic carbocycles. The summed E-state index contributed by atoms with van der Waals surface area (Å²) in [5, 5.41) is 7.06. The first-order chi connectivity index (χ1) is 13.2. The van der Waals surface area contributed by atoms with Crippen molar-refractivity contribution in [1.82, 2.24) is 15.5 Å². The van der Waals surface area contributed by atoms with Gasteiger partial charge in [0, 0.05) is 32.2 Å². The third-order valence-corrected chi connectivity index (χ3v) is 6.30. The first-order valence-corrected chi connectivity index (χ1v) is 10.7. The molecule has 148 valence electrons. The molecule has 0 aliphatic carbocycles. The molecule has 5 unspecified atom stereocenters. The Morgan fingerprint density at radius 2 is 2.07 bits per heavy atom. The molecule has 5 atom stereocenters. The Morgan fingerprint density at radius 1 is 1.22 bits per heavy atom. The lowest BCUT2D eigenvalue weighted by molar-refractivity contribution is 0.0992. The maximum Gasteiger partial charge on any atom is 0.191 e. The molecular weight excluding hydrogens is 336 g/mol. The van der Waals surface area contributed by atoms with Crippen LogP contribution in [0.1, 0.15) is 45.1 Å². The largest absolute Gasteiger partial charge is 0.373 e. The number of fused-ring (bicyclic) bond motifs is 2. The summed E-state index contributed by atoms with van der Waals surface area (Å²) < 4.78 is 5.97. The van der Waals surface area contributed by atoms with Gasteiger partial charge >= 0.3 is 0 Å². The number of hydrogen-bond acceptors (Lipinski definition) is 3. The van der Waals surface area contributed by atoms with Gasteiger partial charge in [-0.2, -0.15) is 0 Å². The van der Waals surface area contributed by atoms with Crippen LogP contribution in [0.3, 0.4) is 0 Å². The van der Waals surface area contributed by atoms with E-state index < -0.39 is 0 Å². The van der Waals surface area contributed by atoms with E-state index in [1.807, 2.05) is 0 Å². The van der Waals surface area contributed by atoms with E-state index in [1.54, 1.807) is 0 Å². The van der Waals surface area contributed by atoms with Gasteiger partial charge in [0.2, 0.25) is 0 Å². The lowest BCUT2D eigenvalue weighted by Crippen LogP contribution is -2.47. The summed E-state index contributed by atoms with van der Waals surface area (Å²) >= 11 is 0. The highest BCUT2D eigenvalue weighted by Gasteiger charge is 2.41. The van der Waals surface area contributed by atoms with Crippen LogP contribution in [0.2, 0.25) is 0 Å². The van der Waals surface area contributed by atoms with Crippen molar-refractivity contribution < 1.29 is 4.74 Å². The Labute approximate surface area is 163 Å². The van der Waals surface area contributed by atoms with E-state index >= 15 is 0 Å². The summed E-state index contributed by atoms with van der Waals surface area (Å²) in [6.45, 7) is 8.46. The van der Waals surface area contributed by atoms with Crippen molar-refractivity contribution in [2.45, 2.75) is 70.4 Å². The fourth-order valence-corrected chi connectivity index (χ4v) is 4.89. The van der Waals surface area contributed by atoms with Crippen molar-refractivity contribution >= 4 is 5.96 Å². The lowest BCUT2D eigenvalue weighted by atomic mass is 9.96. The topological polar surface area (TPSA) is 48.9 Å². The SMILES string of the molecule is CCNC(=NCC1CC(C)N(Cc2ccccc2)C1)NC1CC2CCC1O2. The van der Waals surface area contributed by atoms with Crippen molar-refractivity contribution in [3.8, 4) is 0 Å². The molecule has 0 spiro atoms. The van der Waals surface area contributed by atoms with Crippen molar-refractivity contribution in [2.75, 3.05) is 19.6 Å². The van der Waals surface area contributed by atoms with Gasteiger partial charge in [0.05, 0.1) is 18.2 Å². The van der Waals surface area contributed by atoms with Crippen LogP contribution < -0.4 is 10.6 Å². The predicted octanol–water partition coefficient (Wildman–Crippen LogP) is 2.77. The molecule has 0 saturated carbocycles. The van der Waals surface area contributed by atoms with Crippen LogP contribution >= 0.6 is 0 Å². The van der Waals surface area contributed by atoms with Crippen LogP contribution in [-0.4, -0.2) is 54.8 Å². The zero-order valence-corrected chi connectivity index (χ0v) is 16.7. The minimum Gasteiger partial charge on any atom is -0.373 e. The number of guanidine groups is 1. The fraction of sp³-hybridized carbons (Fsp3) is 0.682. The van der Waals surface area contributed by atoms with Gasteiger partial charge in [-0.3, -0.25) is 9.89 Å². The number of hydrogen-bond donors (Lipinski definition) is 2. The van der Waals surface area contributed by atoms with Gasteiger partial charge in [-0.1, -0.05) is 30.3 Å². The molecule has 4 rings (SSSR count). The van der Waals surface area contributed by atoms with Gasteiger partial charge in [-0.15, -0.1) is 0 Å². The number of likely N-dealkylation sites (tertiary alicyclic amines) is 1. The number of nitrogens with zero attached hydrogens (tertiary/aromatic N) is 2. The molecule has 3 saturated heterocycles. The smallest absolute Gasteiger partial charge is 0.191 e.